The molecular formula is C16H21N5O. The summed E-state index contributed by atoms with van der Waals surface area (Å²) in [6, 6.07) is 4.14. The summed E-state index contributed by atoms with van der Waals surface area (Å²) in [4.78, 5) is 15.2. The Bertz CT molecular complexity index is 591. The molecule has 1 aliphatic rings. The number of hydrogen-bond acceptors (Lipinski definition) is 6. The zero-order valence-electron chi connectivity index (χ0n) is 13.0. The van der Waals surface area contributed by atoms with Gasteiger partial charge in [-0.2, -0.15) is 0 Å². The van der Waals surface area contributed by atoms with Gasteiger partial charge in [0.1, 0.15) is 5.82 Å². The highest BCUT2D eigenvalue weighted by Crippen LogP contribution is 2.27. The second-order valence-corrected chi connectivity index (χ2v) is 5.63. The fourth-order valence-electron chi connectivity index (χ4n) is 2.66. The Hall–Kier alpha value is -2.21. The van der Waals surface area contributed by atoms with Crippen molar-refractivity contribution < 1.29 is 4.74 Å². The third-order valence-corrected chi connectivity index (χ3v) is 4.08. The zero-order valence-corrected chi connectivity index (χ0v) is 13.0. The van der Waals surface area contributed by atoms with Gasteiger partial charge in [-0.25, -0.2) is 15.0 Å². The molecule has 0 aliphatic carbocycles. The zero-order chi connectivity index (χ0) is 15.4. The van der Waals surface area contributed by atoms with Crippen molar-refractivity contribution in [2.45, 2.75) is 18.8 Å². The number of anilines is 2. The molecule has 1 N–H and O–H groups in total. The van der Waals surface area contributed by atoms with Crippen molar-refractivity contribution in [2.75, 3.05) is 32.6 Å². The molecule has 0 radical (unpaired) electrons. The van der Waals surface area contributed by atoms with Gasteiger partial charge >= 0.3 is 0 Å². The lowest BCUT2D eigenvalue weighted by Gasteiger charge is -2.29. The third kappa shape index (κ3) is 3.51. The lowest BCUT2D eigenvalue weighted by Crippen LogP contribution is -2.29. The van der Waals surface area contributed by atoms with Crippen LogP contribution in [0.5, 0.6) is 5.75 Å². The Morgan fingerprint density at radius 3 is 2.41 bits per heavy atom. The minimum Gasteiger partial charge on any atom is -0.494 e. The molecule has 116 valence electrons. The fourth-order valence-corrected chi connectivity index (χ4v) is 2.66. The van der Waals surface area contributed by atoms with Crippen LogP contribution in [0.4, 0.5) is 11.8 Å². The Morgan fingerprint density at radius 2 is 1.82 bits per heavy atom. The van der Waals surface area contributed by atoms with E-state index in [0.717, 1.165) is 18.9 Å². The van der Waals surface area contributed by atoms with Gasteiger partial charge in [-0.15, -0.1) is 0 Å². The van der Waals surface area contributed by atoms with Gasteiger partial charge in [0.05, 0.1) is 19.5 Å². The molecule has 1 saturated heterocycles. The maximum Gasteiger partial charge on any atom is 0.228 e. The predicted octanol–water partition coefficient (Wildman–Crippen LogP) is 2.43. The van der Waals surface area contributed by atoms with E-state index >= 15 is 0 Å². The summed E-state index contributed by atoms with van der Waals surface area (Å²) in [6.45, 7) is 2.31. The fraction of sp³-hybridized carbons (Fsp3) is 0.438. The van der Waals surface area contributed by atoms with Crippen molar-refractivity contribution in [3.05, 3.63) is 36.3 Å². The quantitative estimate of drug-likeness (QED) is 0.935. The number of rotatable bonds is 4. The standard InChI is InChI=1S/C16H21N5O/c1-21-7-5-12(6-8-21)13-3-4-15(17-9-13)20-16-18-10-14(22-2)11-19-16/h3-4,9-12H,5-8H2,1-2H3,(H,17,18,19,20). The second-order valence-electron chi connectivity index (χ2n) is 5.63. The topological polar surface area (TPSA) is 63.2 Å². The average molecular weight is 299 g/mol. The van der Waals surface area contributed by atoms with Crippen LogP contribution in [-0.4, -0.2) is 47.1 Å². The first kappa shape index (κ1) is 14.7. The number of nitrogens with zero attached hydrogens (tertiary/aromatic N) is 4. The summed E-state index contributed by atoms with van der Waals surface area (Å²) in [7, 11) is 3.77. The summed E-state index contributed by atoms with van der Waals surface area (Å²) >= 11 is 0. The molecule has 2 aromatic rings. The Labute approximate surface area is 130 Å². The maximum absolute atomic E-state index is 5.04. The molecule has 2 aromatic heterocycles. The first-order valence-corrected chi connectivity index (χ1v) is 7.52. The van der Waals surface area contributed by atoms with Crippen molar-refractivity contribution in [2.24, 2.45) is 0 Å². The van der Waals surface area contributed by atoms with Crippen molar-refractivity contribution in [3.63, 3.8) is 0 Å². The van der Waals surface area contributed by atoms with Crippen LogP contribution in [0.15, 0.2) is 30.7 Å². The first-order valence-electron chi connectivity index (χ1n) is 7.52. The summed E-state index contributed by atoms with van der Waals surface area (Å²) in [5.41, 5.74) is 1.31. The van der Waals surface area contributed by atoms with Crippen molar-refractivity contribution in [1.82, 2.24) is 19.9 Å². The molecule has 0 spiro atoms. The van der Waals surface area contributed by atoms with Crippen molar-refractivity contribution in [3.8, 4) is 5.75 Å². The molecule has 6 heteroatoms. The molecule has 0 atom stereocenters. The molecule has 0 amide bonds. The Kier molecular flexibility index (Phi) is 4.48. The molecule has 0 bridgehead atoms. The lowest BCUT2D eigenvalue weighted by molar-refractivity contribution is 0.255. The van der Waals surface area contributed by atoms with E-state index in [4.69, 9.17) is 4.74 Å². The summed E-state index contributed by atoms with van der Waals surface area (Å²) in [6.07, 6.45) is 7.62. The Morgan fingerprint density at radius 1 is 1.09 bits per heavy atom. The summed E-state index contributed by atoms with van der Waals surface area (Å²) in [5, 5.41) is 3.10. The monoisotopic (exact) mass is 299 g/mol. The van der Waals surface area contributed by atoms with Crippen LogP contribution in [0.2, 0.25) is 0 Å². The molecule has 6 nitrogen and oxygen atoms in total. The number of ether oxygens (including phenoxy) is 1. The van der Waals surface area contributed by atoms with Gasteiger partial charge in [-0.3, -0.25) is 0 Å². The second kappa shape index (κ2) is 6.70. The van der Waals surface area contributed by atoms with Gasteiger partial charge < -0.3 is 15.0 Å². The van der Waals surface area contributed by atoms with Gasteiger partial charge in [0, 0.05) is 6.20 Å². The number of aromatic nitrogens is 3. The van der Waals surface area contributed by atoms with Gasteiger partial charge in [0.2, 0.25) is 5.95 Å². The molecule has 0 aromatic carbocycles. The van der Waals surface area contributed by atoms with E-state index in [2.05, 4.69) is 38.3 Å². The maximum atomic E-state index is 5.04. The van der Waals surface area contributed by atoms with Crippen LogP contribution in [0.1, 0.15) is 24.3 Å². The predicted molar refractivity (Wildman–Crippen MR) is 85.6 cm³/mol. The van der Waals surface area contributed by atoms with E-state index in [-0.39, 0.29) is 0 Å². The van der Waals surface area contributed by atoms with E-state index in [1.807, 2.05) is 12.3 Å². The minimum absolute atomic E-state index is 0.514. The van der Waals surface area contributed by atoms with E-state index in [0.29, 0.717) is 17.6 Å². The van der Waals surface area contributed by atoms with Crippen LogP contribution in [0.25, 0.3) is 0 Å². The number of methoxy groups -OCH3 is 1. The largest absolute Gasteiger partial charge is 0.494 e. The minimum atomic E-state index is 0.514. The van der Waals surface area contributed by atoms with Crippen LogP contribution in [-0.2, 0) is 0 Å². The van der Waals surface area contributed by atoms with Crippen molar-refractivity contribution >= 4 is 11.8 Å². The molecule has 3 heterocycles. The number of hydrogen-bond donors (Lipinski definition) is 1. The first-order chi connectivity index (χ1) is 10.7. The number of pyridine rings is 1. The van der Waals surface area contributed by atoms with Gasteiger partial charge in [-0.1, -0.05) is 6.07 Å². The summed E-state index contributed by atoms with van der Waals surface area (Å²) < 4.78 is 5.04. The summed E-state index contributed by atoms with van der Waals surface area (Å²) in [5.74, 6) is 2.52. The van der Waals surface area contributed by atoms with Crippen LogP contribution in [0, 0.1) is 0 Å². The average Bonchev–Trinajstić information content (AvgIpc) is 2.57. The third-order valence-electron chi connectivity index (χ3n) is 4.08. The van der Waals surface area contributed by atoms with E-state index in [1.54, 1.807) is 19.5 Å². The molecular weight excluding hydrogens is 278 g/mol. The Balaban J connectivity index is 1.63. The highest BCUT2D eigenvalue weighted by molar-refractivity contribution is 5.48. The normalized spacial score (nSPS) is 16.5. The molecule has 22 heavy (non-hydrogen) atoms. The van der Waals surface area contributed by atoms with E-state index in [1.165, 1.54) is 18.4 Å². The van der Waals surface area contributed by atoms with Gasteiger partial charge in [0.25, 0.3) is 0 Å². The molecule has 0 unspecified atom stereocenters. The lowest BCUT2D eigenvalue weighted by atomic mass is 9.91. The smallest absolute Gasteiger partial charge is 0.228 e. The highest BCUT2D eigenvalue weighted by Gasteiger charge is 2.18. The van der Waals surface area contributed by atoms with E-state index < -0.39 is 0 Å². The number of piperidine rings is 1. The van der Waals surface area contributed by atoms with Crippen molar-refractivity contribution in [1.29, 1.82) is 0 Å². The van der Waals surface area contributed by atoms with Crippen LogP contribution in [0.3, 0.4) is 0 Å². The molecule has 1 fully saturated rings. The molecule has 3 rings (SSSR count). The van der Waals surface area contributed by atoms with E-state index in [9.17, 15) is 0 Å². The molecule has 0 saturated carbocycles. The number of likely N-dealkylation sites (tertiary alicyclic amines) is 1. The SMILES string of the molecule is COc1cnc(Nc2ccc(C3CCN(C)CC3)cn2)nc1. The molecule has 1 aliphatic heterocycles. The van der Waals surface area contributed by atoms with Gasteiger partial charge in [-0.05, 0) is 50.5 Å². The number of nitrogens with one attached hydrogen (secondary N) is 1. The van der Waals surface area contributed by atoms with Crippen LogP contribution < -0.4 is 10.1 Å². The highest BCUT2D eigenvalue weighted by atomic mass is 16.5. The van der Waals surface area contributed by atoms with Gasteiger partial charge in [0.15, 0.2) is 5.75 Å². The van der Waals surface area contributed by atoms with Crippen LogP contribution >= 0.6 is 0 Å².